The molecule has 2 fully saturated rings. The highest BCUT2D eigenvalue weighted by molar-refractivity contribution is 5.92. The van der Waals surface area contributed by atoms with E-state index < -0.39 is 17.1 Å². The fourth-order valence-corrected chi connectivity index (χ4v) is 7.40. The molecule has 0 unspecified atom stereocenters. The van der Waals surface area contributed by atoms with Crippen LogP contribution in [-0.4, -0.2) is 69.8 Å². The van der Waals surface area contributed by atoms with Crippen molar-refractivity contribution in [2.24, 2.45) is 0 Å². The number of aliphatic hydroxyl groups is 1. The molecule has 2 aromatic rings. The molecule has 2 aromatic carbocycles. The highest BCUT2D eigenvalue weighted by Crippen LogP contribution is 2.65. The van der Waals surface area contributed by atoms with E-state index in [1.807, 2.05) is 55.6 Å². The van der Waals surface area contributed by atoms with Crippen LogP contribution in [0.1, 0.15) is 36.0 Å². The van der Waals surface area contributed by atoms with Crippen LogP contribution in [0, 0.1) is 0 Å². The Labute approximate surface area is 206 Å². The van der Waals surface area contributed by atoms with Gasteiger partial charge in [-0.15, -0.1) is 6.58 Å². The molecule has 1 saturated heterocycles. The number of nitrogens with zero attached hydrogens (tertiary/aromatic N) is 2. The third-order valence-corrected chi connectivity index (χ3v) is 8.97. The normalized spacial score (nSPS) is 32.7. The van der Waals surface area contributed by atoms with Crippen LogP contribution in [0.25, 0.3) is 6.08 Å². The topological polar surface area (TPSA) is 73.2 Å². The Kier molecular flexibility index (Phi) is 5.09. The number of aromatic hydroxyl groups is 1. The maximum atomic E-state index is 13.2. The lowest BCUT2D eigenvalue weighted by Gasteiger charge is -2.64. The lowest BCUT2D eigenvalue weighted by molar-refractivity contribution is -0.198. The average molecular weight is 473 g/mol. The molecule has 2 aliphatic heterocycles. The van der Waals surface area contributed by atoms with Gasteiger partial charge in [-0.05, 0) is 55.5 Å². The Morgan fingerprint density at radius 2 is 2.06 bits per heavy atom. The van der Waals surface area contributed by atoms with Gasteiger partial charge in [0.1, 0.15) is 6.10 Å². The summed E-state index contributed by atoms with van der Waals surface area (Å²) in [5.41, 5.74) is 1.41. The van der Waals surface area contributed by atoms with Crippen molar-refractivity contribution in [2.45, 2.75) is 54.9 Å². The number of carbonyl (C=O) groups is 1. The van der Waals surface area contributed by atoms with E-state index in [-0.39, 0.29) is 23.7 Å². The zero-order valence-electron chi connectivity index (χ0n) is 20.1. The summed E-state index contributed by atoms with van der Waals surface area (Å²) in [6.07, 6.45) is 7.54. The molecule has 2 aliphatic carbocycles. The highest BCUT2D eigenvalue weighted by Gasteiger charge is 2.73. The van der Waals surface area contributed by atoms with Gasteiger partial charge < -0.3 is 19.8 Å². The predicted octanol–water partition coefficient (Wildman–Crippen LogP) is 3.27. The average Bonchev–Trinajstić information content (AvgIpc) is 3.22. The van der Waals surface area contributed by atoms with Crippen LogP contribution in [0.4, 0.5) is 0 Å². The van der Waals surface area contributed by atoms with Crippen molar-refractivity contribution in [3.8, 4) is 11.5 Å². The number of likely N-dealkylation sites (tertiary alicyclic amines) is 1. The van der Waals surface area contributed by atoms with Gasteiger partial charge in [0.15, 0.2) is 11.5 Å². The Balaban J connectivity index is 1.39. The van der Waals surface area contributed by atoms with Gasteiger partial charge in [0.2, 0.25) is 5.91 Å². The quantitative estimate of drug-likeness (QED) is 0.516. The predicted molar refractivity (Wildman–Crippen MR) is 134 cm³/mol. The number of carbonyl (C=O) groups excluding carboxylic acids is 1. The van der Waals surface area contributed by atoms with Crippen molar-refractivity contribution >= 4 is 12.0 Å². The van der Waals surface area contributed by atoms with Crippen molar-refractivity contribution in [2.75, 3.05) is 20.1 Å². The molecule has 6 rings (SSSR count). The number of benzene rings is 2. The summed E-state index contributed by atoms with van der Waals surface area (Å²) in [6, 6.07) is 13.2. The number of likely N-dealkylation sites (N-methyl/N-ethyl adjacent to an activating group) is 1. The van der Waals surface area contributed by atoms with Crippen LogP contribution < -0.4 is 4.74 Å². The minimum absolute atomic E-state index is 0.0525. The van der Waals surface area contributed by atoms with Gasteiger partial charge in [-0.2, -0.15) is 0 Å². The van der Waals surface area contributed by atoms with Gasteiger partial charge in [-0.1, -0.05) is 42.5 Å². The first-order chi connectivity index (χ1) is 16.9. The third kappa shape index (κ3) is 2.99. The lowest BCUT2D eigenvalue weighted by atomic mass is 9.48. The van der Waals surface area contributed by atoms with Crippen molar-refractivity contribution < 1.29 is 19.7 Å². The maximum absolute atomic E-state index is 13.2. The molecular weight excluding hydrogens is 440 g/mol. The number of ether oxygens (including phenoxy) is 1. The molecule has 1 spiro atoms. The van der Waals surface area contributed by atoms with E-state index in [2.05, 4.69) is 11.5 Å². The van der Waals surface area contributed by atoms with Gasteiger partial charge in [0.05, 0.1) is 17.1 Å². The Bertz CT molecular complexity index is 1210. The number of phenols is 1. The number of phenolic OH excluding ortho intramolecular Hbond substituents is 1. The minimum Gasteiger partial charge on any atom is -0.504 e. The van der Waals surface area contributed by atoms with Crippen molar-refractivity contribution in [1.82, 2.24) is 9.80 Å². The molecule has 6 heteroatoms. The fourth-order valence-electron chi connectivity index (χ4n) is 7.40. The summed E-state index contributed by atoms with van der Waals surface area (Å²) in [5, 5.41) is 23.2. The zero-order valence-corrected chi connectivity index (χ0v) is 20.1. The van der Waals surface area contributed by atoms with E-state index in [1.54, 1.807) is 17.0 Å². The van der Waals surface area contributed by atoms with Crippen molar-refractivity contribution in [1.29, 1.82) is 0 Å². The lowest BCUT2D eigenvalue weighted by Crippen LogP contribution is -2.78. The summed E-state index contributed by atoms with van der Waals surface area (Å²) < 4.78 is 6.55. The smallest absolute Gasteiger partial charge is 0.246 e. The molecule has 6 nitrogen and oxygen atoms in total. The van der Waals surface area contributed by atoms with Gasteiger partial charge >= 0.3 is 0 Å². The number of rotatable bonds is 5. The minimum atomic E-state index is -0.995. The molecule has 1 amide bonds. The van der Waals surface area contributed by atoms with E-state index in [1.165, 1.54) is 0 Å². The molecule has 4 aliphatic rings. The zero-order chi connectivity index (χ0) is 24.4. The first-order valence-electron chi connectivity index (χ1n) is 12.5. The number of piperidine rings is 1. The van der Waals surface area contributed by atoms with E-state index in [9.17, 15) is 15.0 Å². The summed E-state index contributed by atoms with van der Waals surface area (Å²) in [6.45, 7) is 5.46. The van der Waals surface area contributed by atoms with Crippen molar-refractivity contribution in [3.05, 3.63) is 77.9 Å². The van der Waals surface area contributed by atoms with E-state index in [4.69, 9.17) is 4.74 Å². The molecule has 2 heterocycles. The van der Waals surface area contributed by atoms with Crippen LogP contribution in [0.3, 0.4) is 0 Å². The second kappa shape index (κ2) is 7.97. The third-order valence-electron chi connectivity index (χ3n) is 8.97. The largest absolute Gasteiger partial charge is 0.504 e. The molecule has 2 bridgehead atoms. The number of amides is 1. The Morgan fingerprint density at radius 1 is 1.26 bits per heavy atom. The van der Waals surface area contributed by atoms with Crippen LogP contribution in [0.5, 0.6) is 11.5 Å². The van der Waals surface area contributed by atoms with Gasteiger partial charge in [-0.25, -0.2) is 0 Å². The monoisotopic (exact) mass is 472 g/mol. The van der Waals surface area contributed by atoms with Gasteiger partial charge in [0, 0.05) is 31.3 Å². The fraction of sp³-hybridized carbons (Fsp3) is 0.414. The summed E-state index contributed by atoms with van der Waals surface area (Å²) in [5.74, 6) is 0.508. The van der Waals surface area contributed by atoms with E-state index >= 15 is 0 Å². The van der Waals surface area contributed by atoms with E-state index in [0.717, 1.165) is 29.8 Å². The molecule has 182 valence electrons. The van der Waals surface area contributed by atoms with Crippen LogP contribution in [0.2, 0.25) is 0 Å². The molecule has 0 aromatic heterocycles. The van der Waals surface area contributed by atoms with Crippen LogP contribution >= 0.6 is 0 Å². The highest BCUT2D eigenvalue weighted by atomic mass is 16.5. The molecule has 2 N–H and O–H groups in total. The Morgan fingerprint density at radius 3 is 2.83 bits per heavy atom. The first-order valence-corrected chi connectivity index (χ1v) is 12.5. The van der Waals surface area contributed by atoms with Gasteiger partial charge in [0.25, 0.3) is 0 Å². The molecule has 5 atom stereocenters. The number of hydrogen-bond donors (Lipinski definition) is 2. The summed E-state index contributed by atoms with van der Waals surface area (Å²) >= 11 is 0. The summed E-state index contributed by atoms with van der Waals surface area (Å²) in [7, 11) is 1.82. The second-order valence-corrected chi connectivity index (χ2v) is 10.4. The van der Waals surface area contributed by atoms with E-state index in [0.29, 0.717) is 31.4 Å². The van der Waals surface area contributed by atoms with Crippen molar-refractivity contribution in [3.63, 3.8) is 0 Å². The molecule has 0 radical (unpaired) electrons. The molecular formula is C29H32N2O4. The number of hydrogen-bond acceptors (Lipinski definition) is 5. The van der Waals surface area contributed by atoms with Crippen LogP contribution in [-0.2, 0) is 16.6 Å². The summed E-state index contributed by atoms with van der Waals surface area (Å²) in [4.78, 5) is 17.3. The maximum Gasteiger partial charge on any atom is 0.246 e. The SMILES string of the molecule is C=CCN1CC[C@]23c4c5ccc(O)c4O[C@H]2[C@H](N(C)C(=O)C=Cc2ccccc2)CC[C@@]3(O)[C@H]1C5. The second-order valence-electron chi connectivity index (χ2n) is 10.4. The molecule has 1 saturated carbocycles. The van der Waals surface area contributed by atoms with Crippen LogP contribution in [0.15, 0.2) is 61.2 Å². The standard InChI is InChI=1S/C29H32N2O4/c1-3-16-31-17-15-28-25-20-10-11-22(32)26(25)35-27(28)21(13-14-29(28,34)23(31)18-20)30(2)24(33)12-9-19-7-5-4-6-8-19/h3-12,21,23,27,32,34H,1,13-18H2,2H3/t21-,23-,27+,28+,29-/m1/s1. The Hall–Kier alpha value is -3.09. The first kappa shape index (κ1) is 22.4. The molecule has 35 heavy (non-hydrogen) atoms. The van der Waals surface area contributed by atoms with Gasteiger partial charge in [-0.3, -0.25) is 9.69 Å².